The Bertz CT molecular complexity index is 552. The normalized spacial score (nSPS) is 10.3. The lowest BCUT2D eigenvalue weighted by Crippen LogP contribution is -1.97. The number of aromatic nitrogens is 2. The molecule has 0 spiro atoms. The minimum atomic E-state index is 0.463. The summed E-state index contributed by atoms with van der Waals surface area (Å²) in [7, 11) is 0. The van der Waals surface area contributed by atoms with Crippen LogP contribution in [0.2, 0.25) is 0 Å². The fourth-order valence-electron chi connectivity index (χ4n) is 1.41. The average Bonchev–Trinajstić information content (AvgIpc) is 2.29. The SMILES string of the molecule is Cc1ccc(N)c(Oc2cnc(C)c(C)n2)c1. The van der Waals surface area contributed by atoms with Crippen molar-refractivity contribution in [3.63, 3.8) is 0 Å². The number of hydrogen-bond donors (Lipinski definition) is 1. The van der Waals surface area contributed by atoms with E-state index in [0.29, 0.717) is 17.3 Å². The first-order chi connectivity index (χ1) is 8.06. The van der Waals surface area contributed by atoms with Crippen molar-refractivity contribution in [1.82, 2.24) is 9.97 Å². The average molecular weight is 229 g/mol. The van der Waals surface area contributed by atoms with Crippen LogP contribution in [0, 0.1) is 20.8 Å². The molecule has 0 bridgehead atoms. The van der Waals surface area contributed by atoms with Crippen LogP contribution < -0.4 is 10.5 Å². The van der Waals surface area contributed by atoms with Crippen LogP contribution in [-0.4, -0.2) is 9.97 Å². The summed E-state index contributed by atoms with van der Waals surface area (Å²) in [6.07, 6.45) is 1.60. The number of rotatable bonds is 2. The summed E-state index contributed by atoms with van der Waals surface area (Å²) in [5, 5.41) is 0. The van der Waals surface area contributed by atoms with Crippen molar-refractivity contribution in [3.05, 3.63) is 41.3 Å². The third kappa shape index (κ3) is 2.53. The Morgan fingerprint density at radius 3 is 2.59 bits per heavy atom. The minimum absolute atomic E-state index is 0.463. The van der Waals surface area contributed by atoms with Gasteiger partial charge in [0.05, 0.1) is 23.3 Å². The fraction of sp³-hybridized carbons (Fsp3) is 0.231. The zero-order valence-corrected chi connectivity index (χ0v) is 10.2. The van der Waals surface area contributed by atoms with Gasteiger partial charge in [-0.3, -0.25) is 4.98 Å². The van der Waals surface area contributed by atoms with Crippen molar-refractivity contribution in [1.29, 1.82) is 0 Å². The summed E-state index contributed by atoms with van der Waals surface area (Å²) in [5.41, 5.74) is 9.27. The number of nitrogens with zero attached hydrogens (tertiary/aromatic N) is 2. The Balaban J connectivity index is 2.31. The van der Waals surface area contributed by atoms with Crippen LogP contribution in [0.5, 0.6) is 11.6 Å². The molecule has 0 unspecified atom stereocenters. The third-order valence-electron chi connectivity index (χ3n) is 2.55. The Morgan fingerprint density at radius 1 is 1.12 bits per heavy atom. The van der Waals surface area contributed by atoms with Crippen LogP contribution >= 0.6 is 0 Å². The van der Waals surface area contributed by atoms with Gasteiger partial charge in [0.1, 0.15) is 0 Å². The van der Waals surface area contributed by atoms with Gasteiger partial charge in [-0.2, -0.15) is 0 Å². The molecule has 0 aliphatic carbocycles. The smallest absolute Gasteiger partial charge is 0.238 e. The van der Waals surface area contributed by atoms with Crippen LogP contribution in [0.15, 0.2) is 24.4 Å². The summed E-state index contributed by atoms with van der Waals surface area (Å²) >= 11 is 0. The maximum absolute atomic E-state index is 5.83. The molecule has 0 radical (unpaired) electrons. The second kappa shape index (κ2) is 4.41. The molecule has 2 N–H and O–H groups in total. The number of anilines is 1. The van der Waals surface area contributed by atoms with Gasteiger partial charge in [0.2, 0.25) is 5.88 Å². The van der Waals surface area contributed by atoms with Gasteiger partial charge < -0.3 is 10.5 Å². The van der Waals surface area contributed by atoms with Gasteiger partial charge in [-0.15, -0.1) is 0 Å². The minimum Gasteiger partial charge on any atom is -0.435 e. The maximum Gasteiger partial charge on any atom is 0.238 e. The molecule has 2 rings (SSSR count). The van der Waals surface area contributed by atoms with Crippen molar-refractivity contribution < 1.29 is 4.74 Å². The number of aryl methyl sites for hydroxylation is 3. The largest absolute Gasteiger partial charge is 0.435 e. The van der Waals surface area contributed by atoms with Crippen LogP contribution in [-0.2, 0) is 0 Å². The lowest BCUT2D eigenvalue weighted by molar-refractivity contribution is 0.460. The van der Waals surface area contributed by atoms with Crippen molar-refractivity contribution in [2.75, 3.05) is 5.73 Å². The molecule has 88 valence electrons. The van der Waals surface area contributed by atoms with E-state index in [2.05, 4.69) is 9.97 Å². The van der Waals surface area contributed by atoms with Gasteiger partial charge in [-0.25, -0.2) is 4.98 Å². The topological polar surface area (TPSA) is 61.0 Å². The molecule has 0 atom stereocenters. The second-order valence-corrected chi connectivity index (χ2v) is 4.02. The molecule has 1 aromatic heterocycles. The van der Waals surface area contributed by atoms with E-state index < -0.39 is 0 Å². The highest BCUT2D eigenvalue weighted by Gasteiger charge is 2.05. The molecular weight excluding hydrogens is 214 g/mol. The predicted octanol–water partition coefficient (Wildman–Crippen LogP) is 2.78. The summed E-state index contributed by atoms with van der Waals surface area (Å²) in [4.78, 5) is 8.50. The Kier molecular flexibility index (Phi) is 2.95. The number of nitrogens with two attached hydrogens (primary N) is 1. The van der Waals surface area contributed by atoms with Gasteiger partial charge in [-0.1, -0.05) is 6.07 Å². The van der Waals surface area contributed by atoms with Gasteiger partial charge >= 0.3 is 0 Å². The van der Waals surface area contributed by atoms with Gasteiger partial charge in [0.25, 0.3) is 0 Å². The molecule has 1 aromatic carbocycles. The fourth-order valence-corrected chi connectivity index (χ4v) is 1.41. The van der Waals surface area contributed by atoms with Crippen molar-refractivity contribution in [2.45, 2.75) is 20.8 Å². The molecule has 0 amide bonds. The Hall–Kier alpha value is -2.10. The lowest BCUT2D eigenvalue weighted by Gasteiger charge is -2.09. The van der Waals surface area contributed by atoms with E-state index in [-0.39, 0.29) is 0 Å². The number of hydrogen-bond acceptors (Lipinski definition) is 4. The molecule has 0 saturated heterocycles. The molecule has 0 saturated carbocycles. The van der Waals surface area contributed by atoms with Gasteiger partial charge in [0.15, 0.2) is 5.75 Å². The maximum atomic E-state index is 5.83. The zero-order valence-electron chi connectivity index (χ0n) is 10.2. The molecule has 0 aliphatic heterocycles. The van der Waals surface area contributed by atoms with Crippen LogP contribution in [0.3, 0.4) is 0 Å². The van der Waals surface area contributed by atoms with Crippen LogP contribution in [0.1, 0.15) is 17.0 Å². The highest BCUT2D eigenvalue weighted by atomic mass is 16.5. The molecular formula is C13H15N3O. The van der Waals surface area contributed by atoms with E-state index in [0.717, 1.165) is 17.0 Å². The van der Waals surface area contributed by atoms with Gasteiger partial charge in [0, 0.05) is 0 Å². The van der Waals surface area contributed by atoms with Crippen molar-refractivity contribution in [3.8, 4) is 11.6 Å². The van der Waals surface area contributed by atoms with Crippen molar-refractivity contribution in [2.24, 2.45) is 0 Å². The first-order valence-corrected chi connectivity index (χ1v) is 5.40. The first kappa shape index (κ1) is 11.4. The summed E-state index contributed by atoms with van der Waals surface area (Å²) in [6, 6.07) is 5.64. The first-order valence-electron chi connectivity index (χ1n) is 5.40. The van der Waals surface area contributed by atoms with E-state index in [4.69, 9.17) is 10.5 Å². The quantitative estimate of drug-likeness (QED) is 0.804. The van der Waals surface area contributed by atoms with E-state index in [1.165, 1.54) is 0 Å². The molecule has 1 heterocycles. The molecule has 4 heteroatoms. The molecule has 0 aliphatic rings. The monoisotopic (exact) mass is 229 g/mol. The lowest BCUT2D eigenvalue weighted by atomic mass is 10.2. The highest BCUT2D eigenvalue weighted by molar-refractivity contribution is 5.54. The number of nitrogen functional groups attached to an aromatic ring is 1. The van der Waals surface area contributed by atoms with Gasteiger partial charge in [-0.05, 0) is 38.5 Å². The van der Waals surface area contributed by atoms with Crippen LogP contribution in [0.25, 0.3) is 0 Å². The Labute approximate surface area is 100 Å². The standard InChI is InChI=1S/C13H15N3O/c1-8-4-5-11(14)12(6-8)17-13-7-15-9(2)10(3)16-13/h4-7H,14H2,1-3H3. The van der Waals surface area contributed by atoms with E-state index >= 15 is 0 Å². The molecule has 4 nitrogen and oxygen atoms in total. The summed E-state index contributed by atoms with van der Waals surface area (Å²) < 4.78 is 5.63. The number of benzene rings is 1. The molecule has 0 fully saturated rings. The van der Waals surface area contributed by atoms with Crippen LogP contribution in [0.4, 0.5) is 5.69 Å². The zero-order chi connectivity index (χ0) is 12.4. The highest BCUT2D eigenvalue weighted by Crippen LogP contribution is 2.27. The van der Waals surface area contributed by atoms with Crippen molar-refractivity contribution >= 4 is 5.69 Å². The van der Waals surface area contributed by atoms with E-state index in [9.17, 15) is 0 Å². The van der Waals surface area contributed by atoms with E-state index in [1.807, 2.05) is 39.0 Å². The number of ether oxygens (including phenoxy) is 1. The van der Waals surface area contributed by atoms with E-state index in [1.54, 1.807) is 6.20 Å². The third-order valence-corrected chi connectivity index (χ3v) is 2.55. The summed E-state index contributed by atoms with van der Waals surface area (Å²) in [6.45, 7) is 5.79. The molecule has 2 aromatic rings. The Morgan fingerprint density at radius 2 is 1.88 bits per heavy atom. The molecule has 17 heavy (non-hydrogen) atoms. The predicted molar refractivity (Wildman–Crippen MR) is 67.2 cm³/mol. The summed E-state index contributed by atoms with van der Waals surface area (Å²) in [5.74, 6) is 1.08. The second-order valence-electron chi connectivity index (χ2n) is 4.02.